The zero-order chi connectivity index (χ0) is 32.4. The van der Waals surface area contributed by atoms with Crippen LogP contribution in [0.25, 0.3) is 0 Å². The molecule has 0 radical (unpaired) electrons. The van der Waals surface area contributed by atoms with Crippen LogP contribution < -0.4 is 5.32 Å². The van der Waals surface area contributed by atoms with Gasteiger partial charge in [-0.05, 0) is 93.2 Å². The molecule has 0 aromatic heterocycles. The van der Waals surface area contributed by atoms with E-state index in [1.54, 1.807) is 12.2 Å². The van der Waals surface area contributed by atoms with Gasteiger partial charge in [-0.2, -0.15) is 0 Å². The summed E-state index contributed by atoms with van der Waals surface area (Å²) in [4.78, 5) is 26.2. The van der Waals surface area contributed by atoms with E-state index >= 15 is 0 Å². The number of benzene rings is 2. The van der Waals surface area contributed by atoms with E-state index in [1.807, 2.05) is 18.2 Å². The molecule has 0 bridgehead atoms. The molecule has 0 amide bonds. The smallest absolute Gasteiger partial charge is 0.226 e. The molecular weight excluding hydrogens is 601 g/mol. The van der Waals surface area contributed by atoms with Crippen molar-refractivity contribution in [2.45, 2.75) is 89.9 Å². The van der Waals surface area contributed by atoms with Crippen molar-refractivity contribution in [2.24, 2.45) is 28.6 Å². The van der Waals surface area contributed by atoms with Gasteiger partial charge in [0.25, 0.3) is 0 Å². The normalized spacial score (nSPS) is 37.7. The van der Waals surface area contributed by atoms with Gasteiger partial charge in [0.05, 0.1) is 12.2 Å². The molecule has 2 N–H and O–H groups in total. The lowest BCUT2D eigenvalue weighted by Gasteiger charge is -2.59. The summed E-state index contributed by atoms with van der Waals surface area (Å²) in [7, 11) is 0. The summed E-state index contributed by atoms with van der Waals surface area (Å²) in [5, 5.41) is 15.0. The minimum Gasteiger partial charge on any atom is -0.393 e. The highest BCUT2D eigenvalue weighted by Gasteiger charge is 2.76. The molecule has 1 heterocycles. The van der Waals surface area contributed by atoms with Crippen LogP contribution in [0.15, 0.2) is 72.3 Å². The fourth-order valence-electron chi connectivity index (χ4n) is 9.86. The van der Waals surface area contributed by atoms with E-state index in [9.17, 15) is 19.1 Å². The quantitative estimate of drug-likeness (QED) is 0.326. The lowest BCUT2D eigenvalue weighted by atomic mass is 9.46. The summed E-state index contributed by atoms with van der Waals surface area (Å²) in [6, 6.07) is 16.1. The predicted molar refractivity (Wildman–Crippen MR) is 178 cm³/mol. The molecule has 7 rings (SSSR count). The van der Waals surface area contributed by atoms with Crippen LogP contribution >= 0.6 is 11.8 Å². The summed E-state index contributed by atoms with van der Waals surface area (Å²) in [5.74, 6) is 0.0699. The van der Waals surface area contributed by atoms with Crippen LogP contribution in [0.5, 0.6) is 0 Å². The Morgan fingerprint density at radius 1 is 1.15 bits per heavy atom. The first-order chi connectivity index (χ1) is 22.0. The minimum atomic E-state index is -1.37. The molecule has 6 nitrogen and oxygen atoms in total. The first-order valence-electron chi connectivity index (χ1n) is 16.6. The summed E-state index contributed by atoms with van der Waals surface area (Å²) >= 11 is 0.649. The van der Waals surface area contributed by atoms with Gasteiger partial charge in [0.2, 0.25) is 5.12 Å². The van der Waals surface area contributed by atoms with Crippen LogP contribution in [0.1, 0.15) is 76.4 Å². The van der Waals surface area contributed by atoms with Crippen molar-refractivity contribution < 1.29 is 28.6 Å². The van der Waals surface area contributed by atoms with Crippen molar-refractivity contribution in [1.29, 1.82) is 0 Å². The van der Waals surface area contributed by atoms with E-state index in [0.717, 1.165) is 41.6 Å². The lowest BCUT2D eigenvalue weighted by molar-refractivity contribution is -0.194. The van der Waals surface area contributed by atoms with Crippen LogP contribution in [-0.2, 0) is 25.5 Å². The minimum absolute atomic E-state index is 0.00160. The lowest BCUT2D eigenvalue weighted by Crippen LogP contribution is -2.62. The highest BCUT2D eigenvalue weighted by atomic mass is 32.2. The van der Waals surface area contributed by atoms with E-state index in [2.05, 4.69) is 69.4 Å². The number of nitrogens with one attached hydrogen (secondary N) is 1. The van der Waals surface area contributed by atoms with Crippen LogP contribution in [0, 0.1) is 28.6 Å². The zero-order valence-electron chi connectivity index (χ0n) is 27.0. The number of carbonyl (C=O) groups is 2. The first-order valence-corrected chi connectivity index (χ1v) is 17.6. The number of hydrogen-bond donors (Lipinski definition) is 2. The summed E-state index contributed by atoms with van der Waals surface area (Å²) in [5.41, 5.74) is 2.81. The summed E-state index contributed by atoms with van der Waals surface area (Å²) < 4.78 is 27.2. The molecule has 46 heavy (non-hydrogen) atoms. The van der Waals surface area contributed by atoms with Gasteiger partial charge in [-0.1, -0.05) is 73.7 Å². The number of fused-ring (bicyclic) bond motifs is 7. The van der Waals surface area contributed by atoms with E-state index < -0.39 is 40.9 Å². The zero-order valence-corrected chi connectivity index (χ0v) is 27.8. The molecule has 8 heteroatoms. The van der Waals surface area contributed by atoms with E-state index in [-0.39, 0.29) is 28.7 Å². The number of hydrogen-bond acceptors (Lipinski definition) is 7. The van der Waals surface area contributed by atoms with E-state index in [0.29, 0.717) is 30.6 Å². The van der Waals surface area contributed by atoms with Crippen LogP contribution in [0.2, 0.25) is 0 Å². The largest absolute Gasteiger partial charge is 0.393 e. The number of rotatable bonds is 7. The third-order valence-electron chi connectivity index (χ3n) is 11.8. The van der Waals surface area contributed by atoms with Gasteiger partial charge >= 0.3 is 0 Å². The fraction of sp³-hybridized carbons (Fsp3) is 0.526. The van der Waals surface area contributed by atoms with Gasteiger partial charge in [0.15, 0.2) is 17.7 Å². The maximum Gasteiger partial charge on any atom is 0.226 e. The number of thioether (sulfide) groups is 1. The number of halogens is 1. The molecule has 244 valence electrons. The Balaban J connectivity index is 1.15. The average Bonchev–Trinajstić information content (AvgIpc) is 3.51. The van der Waals surface area contributed by atoms with Gasteiger partial charge < -0.3 is 19.9 Å². The molecule has 2 aromatic carbocycles. The molecule has 0 unspecified atom stereocenters. The predicted octanol–water partition coefficient (Wildman–Crippen LogP) is 7.33. The van der Waals surface area contributed by atoms with Crippen molar-refractivity contribution in [3.05, 3.63) is 89.0 Å². The van der Waals surface area contributed by atoms with Crippen molar-refractivity contribution in [3.63, 3.8) is 0 Å². The van der Waals surface area contributed by atoms with Crippen molar-refractivity contribution in [1.82, 2.24) is 0 Å². The van der Waals surface area contributed by atoms with Crippen LogP contribution in [0.3, 0.4) is 0 Å². The highest BCUT2D eigenvalue weighted by molar-refractivity contribution is 8.13. The molecule has 9 atom stereocenters. The second-order valence-corrected chi connectivity index (χ2v) is 15.6. The Bertz CT molecular complexity index is 1590. The maximum atomic E-state index is 14.0. The monoisotopic (exact) mass is 645 g/mol. The van der Waals surface area contributed by atoms with Crippen LogP contribution in [0.4, 0.5) is 10.1 Å². The Morgan fingerprint density at radius 2 is 1.93 bits per heavy atom. The summed E-state index contributed by atoms with van der Waals surface area (Å²) in [6.07, 6.45) is 6.64. The third-order valence-corrected chi connectivity index (χ3v) is 12.4. The SMILES string of the molecule is CC(C)Nc1cccc(Cc2ccc([C@@H]3O[C@@H]4C[C@H]5[C@@H]6CCC7=CC(=O)C=C[C@]7(C)[C@H]6[C@@H](O)C[C@]5(C)[C@]4(C(=O)SCF)O3)cc2)c1. The van der Waals surface area contributed by atoms with E-state index in [1.165, 1.54) is 5.56 Å². The second kappa shape index (κ2) is 11.7. The average molecular weight is 646 g/mol. The number of carbonyl (C=O) groups excluding carboxylic acids is 2. The second-order valence-electron chi connectivity index (χ2n) is 14.7. The number of ether oxygens (including phenoxy) is 2. The molecule has 3 saturated carbocycles. The van der Waals surface area contributed by atoms with Gasteiger partial charge in [-0.25, -0.2) is 4.39 Å². The number of aliphatic hydroxyl groups is 1. The molecule has 5 aliphatic rings. The van der Waals surface area contributed by atoms with Gasteiger partial charge in [-0.3, -0.25) is 9.59 Å². The molecule has 0 spiro atoms. The standard InChI is InChI=1S/C38H44FNO5S/c1-22(2)40-27-7-5-6-24(17-27)16-23-8-10-25(11-9-23)34-44-32-19-30-29-13-12-26-18-28(41)14-15-36(26,3)33(29)31(42)20-37(30,4)38(32,45-34)35(43)46-21-39/h5-11,14-15,17-18,22,29-34,40,42H,12-13,16,19-21H2,1-4H3/t29-,30-,31-,32+,33+,34+,36-,37-,38-/m0/s1. The topological polar surface area (TPSA) is 84.9 Å². The Labute approximate surface area is 275 Å². The Kier molecular flexibility index (Phi) is 8.11. The van der Waals surface area contributed by atoms with Crippen molar-refractivity contribution >= 4 is 28.3 Å². The number of ketones is 1. The Hall–Kier alpha value is -2.78. The molecule has 4 fully saturated rings. The van der Waals surface area contributed by atoms with Gasteiger partial charge in [0.1, 0.15) is 6.01 Å². The molecule has 1 saturated heterocycles. The van der Waals surface area contributed by atoms with Gasteiger partial charge in [0, 0.05) is 34.0 Å². The molecule has 2 aromatic rings. The van der Waals surface area contributed by atoms with Crippen molar-refractivity contribution in [2.75, 3.05) is 11.3 Å². The van der Waals surface area contributed by atoms with Crippen molar-refractivity contribution in [3.8, 4) is 0 Å². The van der Waals surface area contributed by atoms with E-state index in [4.69, 9.17) is 9.47 Å². The molecule has 1 aliphatic heterocycles. The maximum absolute atomic E-state index is 14.0. The fourth-order valence-corrected chi connectivity index (χ4v) is 10.6. The number of aliphatic hydroxyl groups excluding tert-OH is 1. The molecular formula is C38H44FNO5S. The third kappa shape index (κ3) is 4.94. The number of alkyl halides is 1. The van der Waals surface area contributed by atoms with Crippen LogP contribution in [-0.4, -0.2) is 45.9 Å². The first kappa shape index (κ1) is 31.8. The number of anilines is 1. The Morgan fingerprint density at radius 3 is 2.67 bits per heavy atom. The highest BCUT2D eigenvalue weighted by Crippen LogP contribution is 2.71. The number of allylic oxidation sites excluding steroid dienone is 4. The summed E-state index contributed by atoms with van der Waals surface area (Å²) in [6.45, 7) is 8.43. The van der Waals surface area contributed by atoms with Gasteiger partial charge in [-0.15, -0.1) is 0 Å². The molecule has 4 aliphatic carbocycles.